The third-order valence-electron chi connectivity index (χ3n) is 4.73. The smallest absolute Gasteiger partial charge is 0.322 e. The maximum atomic E-state index is 12.4. The number of urea groups is 1. The van der Waals surface area contributed by atoms with E-state index < -0.39 is 17.5 Å². The largest absolute Gasteiger partial charge is 0.346 e. The predicted octanol–water partition coefficient (Wildman–Crippen LogP) is 4.25. The lowest BCUT2D eigenvalue weighted by Crippen LogP contribution is -2.42. The van der Waals surface area contributed by atoms with Crippen LogP contribution in [0.25, 0.3) is 0 Å². The number of hydrogen-bond donors (Lipinski definition) is 1. The average molecular weight is 443 g/mol. The van der Waals surface area contributed by atoms with Crippen LogP contribution < -0.4 is 5.32 Å². The Bertz CT molecular complexity index is 968. The Morgan fingerprint density at radius 3 is 2.46 bits per heavy atom. The van der Waals surface area contributed by atoms with Crippen molar-refractivity contribution in [1.29, 1.82) is 0 Å². The van der Waals surface area contributed by atoms with E-state index in [0.717, 1.165) is 5.01 Å². The zero-order chi connectivity index (χ0) is 20.6. The number of nitrogens with zero attached hydrogens (tertiary/aromatic N) is 4. The van der Waals surface area contributed by atoms with E-state index in [-0.39, 0.29) is 6.54 Å². The first-order valence-corrected chi connectivity index (χ1v) is 9.67. The van der Waals surface area contributed by atoms with Crippen LogP contribution in [0.15, 0.2) is 23.3 Å². The van der Waals surface area contributed by atoms with E-state index in [1.807, 2.05) is 6.92 Å². The van der Waals surface area contributed by atoms with Crippen LogP contribution >= 0.6 is 34.8 Å². The summed E-state index contributed by atoms with van der Waals surface area (Å²) in [5, 5.41) is 13.2. The van der Waals surface area contributed by atoms with E-state index in [1.54, 1.807) is 32.0 Å². The minimum atomic E-state index is -0.960. The molecule has 0 bridgehead atoms. The molecule has 148 valence electrons. The fourth-order valence-electron chi connectivity index (χ4n) is 2.78. The van der Waals surface area contributed by atoms with Gasteiger partial charge >= 0.3 is 6.03 Å². The molecular weight excluding hydrogens is 425 g/mol. The standard InChI is InChI=1S/C18H18Cl3N5O2/c1-4-18(3)16(27)26(17(28)23-18)22-8-11-10(2)24-25(15(11)21)9-12-13(19)6-5-7-14(12)20/h5-8H,4,9H2,1-3H3,(H,23,28)/b22-8+. The number of halogens is 3. The van der Waals surface area contributed by atoms with Gasteiger partial charge in [-0.15, -0.1) is 5.01 Å². The molecule has 1 atom stereocenters. The van der Waals surface area contributed by atoms with Gasteiger partial charge in [-0.05, 0) is 32.4 Å². The molecule has 1 aliphatic rings. The number of carbonyl (C=O) groups excluding carboxylic acids is 2. The van der Waals surface area contributed by atoms with Gasteiger partial charge in [0, 0.05) is 15.6 Å². The molecule has 1 unspecified atom stereocenters. The van der Waals surface area contributed by atoms with E-state index >= 15 is 0 Å². The number of hydrazone groups is 1. The zero-order valence-corrected chi connectivity index (χ0v) is 17.7. The van der Waals surface area contributed by atoms with Gasteiger partial charge in [-0.1, -0.05) is 47.8 Å². The lowest BCUT2D eigenvalue weighted by molar-refractivity contribution is -0.130. The van der Waals surface area contributed by atoms with Crippen molar-refractivity contribution in [2.45, 2.75) is 39.3 Å². The fourth-order valence-corrected chi connectivity index (χ4v) is 3.58. The normalized spacial score (nSPS) is 19.7. The Balaban J connectivity index is 1.88. The molecule has 1 aliphatic heterocycles. The molecule has 1 aromatic carbocycles. The Morgan fingerprint density at radius 2 is 1.89 bits per heavy atom. The van der Waals surface area contributed by atoms with Gasteiger partial charge in [0.05, 0.1) is 24.0 Å². The highest BCUT2D eigenvalue weighted by Crippen LogP contribution is 2.28. The molecule has 3 rings (SSSR count). The summed E-state index contributed by atoms with van der Waals surface area (Å²) in [6.07, 6.45) is 1.81. The van der Waals surface area contributed by atoms with Crippen molar-refractivity contribution in [3.05, 3.63) is 50.2 Å². The highest BCUT2D eigenvalue weighted by molar-refractivity contribution is 6.36. The molecule has 7 nitrogen and oxygen atoms in total. The summed E-state index contributed by atoms with van der Waals surface area (Å²) >= 11 is 18.9. The second kappa shape index (κ2) is 7.73. The molecule has 1 aromatic heterocycles. The van der Waals surface area contributed by atoms with Crippen molar-refractivity contribution < 1.29 is 9.59 Å². The fraction of sp³-hybridized carbons (Fsp3) is 0.333. The highest BCUT2D eigenvalue weighted by atomic mass is 35.5. The zero-order valence-electron chi connectivity index (χ0n) is 15.5. The van der Waals surface area contributed by atoms with Crippen LogP contribution in [0.1, 0.15) is 37.1 Å². The molecular formula is C18H18Cl3N5O2. The molecule has 28 heavy (non-hydrogen) atoms. The summed E-state index contributed by atoms with van der Waals surface area (Å²) in [5.74, 6) is -0.416. The number of rotatable bonds is 5. The van der Waals surface area contributed by atoms with Crippen LogP contribution in [0, 0.1) is 6.92 Å². The molecule has 0 saturated carbocycles. The topological polar surface area (TPSA) is 79.6 Å². The summed E-state index contributed by atoms with van der Waals surface area (Å²) < 4.78 is 1.54. The Labute approximate surface area is 177 Å². The molecule has 10 heteroatoms. The Hall–Kier alpha value is -2.09. The molecule has 1 N–H and O–H groups in total. The second-order valence-electron chi connectivity index (χ2n) is 6.63. The predicted molar refractivity (Wildman–Crippen MR) is 109 cm³/mol. The quantitative estimate of drug-likeness (QED) is 0.555. The summed E-state index contributed by atoms with van der Waals surface area (Å²) in [6, 6.07) is 4.65. The van der Waals surface area contributed by atoms with Gasteiger partial charge in [-0.25, -0.2) is 9.48 Å². The lowest BCUT2D eigenvalue weighted by Gasteiger charge is -2.17. The van der Waals surface area contributed by atoms with Gasteiger partial charge in [-0.2, -0.15) is 10.2 Å². The van der Waals surface area contributed by atoms with Crippen LogP contribution in [0.2, 0.25) is 15.2 Å². The van der Waals surface area contributed by atoms with E-state index in [4.69, 9.17) is 34.8 Å². The lowest BCUT2D eigenvalue weighted by atomic mass is 10.00. The number of aryl methyl sites for hydroxylation is 1. The summed E-state index contributed by atoms with van der Waals surface area (Å²) in [6.45, 7) is 5.49. The van der Waals surface area contributed by atoms with Crippen LogP contribution in [-0.2, 0) is 11.3 Å². The van der Waals surface area contributed by atoms with Crippen molar-refractivity contribution in [2.75, 3.05) is 0 Å². The molecule has 1 saturated heterocycles. The van der Waals surface area contributed by atoms with Crippen molar-refractivity contribution in [3.63, 3.8) is 0 Å². The van der Waals surface area contributed by atoms with Gasteiger partial charge in [-0.3, -0.25) is 4.79 Å². The van der Waals surface area contributed by atoms with E-state index in [2.05, 4.69) is 15.5 Å². The number of amides is 3. The van der Waals surface area contributed by atoms with Crippen molar-refractivity contribution >= 4 is 53.0 Å². The van der Waals surface area contributed by atoms with Gasteiger partial charge in [0.25, 0.3) is 5.91 Å². The van der Waals surface area contributed by atoms with Gasteiger partial charge in [0.2, 0.25) is 0 Å². The molecule has 0 aliphatic carbocycles. The molecule has 1 fully saturated rings. The van der Waals surface area contributed by atoms with Crippen molar-refractivity contribution in [2.24, 2.45) is 5.10 Å². The number of nitrogens with one attached hydrogen (secondary N) is 1. The van der Waals surface area contributed by atoms with Crippen molar-refractivity contribution in [1.82, 2.24) is 20.1 Å². The first kappa shape index (κ1) is 20.6. The monoisotopic (exact) mass is 441 g/mol. The van der Waals surface area contributed by atoms with Gasteiger partial charge in [0.1, 0.15) is 10.7 Å². The highest BCUT2D eigenvalue weighted by Gasteiger charge is 2.46. The van der Waals surface area contributed by atoms with Crippen molar-refractivity contribution in [3.8, 4) is 0 Å². The molecule has 0 spiro atoms. The van der Waals surface area contributed by atoms with E-state index in [0.29, 0.717) is 38.4 Å². The average Bonchev–Trinajstić information content (AvgIpc) is 3.03. The minimum absolute atomic E-state index is 0.267. The number of carbonyl (C=O) groups is 2. The van der Waals surface area contributed by atoms with Gasteiger partial charge in [0.15, 0.2) is 0 Å². The SMILES string of the molecule is CCC1(C)NC(=O)N(/N=C/c2c(C)nn(Cc3c(Cl)cccc3Cl)c2Cl)C1=O. The molecule has 2 heterocycles. The molecule has 0 radical (unpaired) electrons. The van der Waals surface area contributed by atoms with Crippen LogP contribution in [0.3, 0.4) is 0 Å². The first-order chi connectivity index (χ1) is 13.2. The number of benzene rings is 1. The Kier molecular flexibility index (Phi) is 5.70. The minimum Gasteiger partial charge on any atom is -0.322 e. The van der Waals surface area contributed by atoms with Crippen LogP contribution in [0.4, 0.5) is 4.79 Å². The summed E-state index contributed by atoms with van der Waals surface area (Å²) in [4.78, 5) is 24.5. The van der Waals surface area contributed by atoms with Crippen LogP contribution in [0.5, 0.6) is 0 Å². The number of imide groups is 1. The third kappa shape index (κ3) is 3.62. The maximum absolute atomic E-state index is 12.4. The number of aromatic nitrogens is 2. The summed E-state index contributed by atoms with van der Waals surface area (Å²) in [5.41, 5.74) is 0.808. The summed E-state index contributed by atoms with van der Waals surface area (Å²) in [7, 11) is 0. The van der Waals surface area contributed by atoms with E-state index in [1.165, 1.54) is 10.9 Å². The Morgan fingerprint density at radius 1 is 1.25 bits per heavy atom. The molecule has 3 amide bonds. The number of hydrogen-bond acceptors (Lipinski definition) is 4. The molecule has 2 aromatic rings. The van der Waals surface area contributed by atoms with E-state index in [9.17, 15) is 9.59 Å². The first-order valence-electron chi connectivity index (χ1n) is 8.54. The third-order valence-corrected chi connectivity index (χ3v) is 5.83. The van der Waals surface area contributed by atoms with Crippen LogP contribution in [-0.4, -0.2) is 38.5 Å². The maximum Gasteiger partial charge on any atom is 0.346 e. The van der Waals surface area contributed by atoms with Gasteiger partial charge < -0.3 is 5.32 Å². The second-order valence-corrected chi connectivity index (χ2v) is 7.80.